The lowest BCUT2D eigenvalue weighted by Crippen LogP contribution is -2.13. The first-order chi connectivity index (χ1) is 66.5. The largest absolute Gasteiger partial charge is 0.492 e. The number of hydrogen-bond acceptors (Lipinski definition) is 22. The molecule has 0 amide bonds. The molecule has 15 aromatic rings. The van der Waals surface area contributed by atoms with E-state index < -0.39 is 252 Å². The van der Waals surface area contributed by atoms with Crippen molar-refractivity contribution in [3.8, 4) is 62.1 Å². The molecule has 12 aromatic carbocycles. The van der Waals surface area contributed by atoms with Crippen LogP contribution in [0.4, 0.5) is 0 Å². The van der Waals surface area contributed by atoms with E-state index in [4.69, 9.17) is 28.9 Å². The van der Waals surface area contributed by atoms with Gasteiger partial charge in [-0.25, -0.2) is 77.3 Å². The fraction of sp³-hybridized carbons (Fsp3) is 0.148. The fourth-order valence-electron chi connectivity index (χ4n) is 16.7. The number of benzene rings is 12. The first-order valence-corrected chi connectivity index (χ1v) is 56.3. The molecule has 0 fully saturated rings. The molecule has 2 aliphatic heterocycles. The van der Waals surface area contributed by atoms with E-state index in [0.29, 0.717) is 55.5 Å². The molecule has 3 aromatic heterocycles. The number of rotatable bonds is 28. The summed E-state index contributed by atoms with van der Waals surface area (Å²) in [5.41, 5.74) is -0.204. The van der Waals surface area contributed by atoms with E-state index in [2.05, 4.69) is 4.98 Å². The normalized spacial score (nSPS) is 12.7. The average Bonchev–Trinajstić information content (AvgIpc) is 1.53. The number of fused-ring (bicyclic) bond motifs is 8. The van der Waals surface area contributed by atoms with Crippen LogP contribution >= 0.6 is 0 Å². The van der Waals surface area contributed by atoms with Gasteiger partial charge in [-0.15, -0.1) is 0 Å². The Balaban J connectivity index is 1.31. The molecule has 0 atom stereocenters. The topological polar surface area (TPSA) is 357 Å². The molecule has 714 valence electrons. The molecule has 24 nitrogen and oxygen atoms in total. The Morgan fingerprint density at radius 3 is 0.786 bits per heavy atom. The van der Waals surface area contributed by atoms with Crippen LogP contribution in [-0.2, 0) is 78.7 Å². The highest BCUT2D eigenvalue weighted by Gasteiger charge is 2.42. The Labute approximate surface area is 814 Å². The summed E-state index contributed by atoms with van der Waals surface area (Å²) in [6.45, 7) is 17.6. The van der Waals surface area contributed by atoms with E-state index in [0.717, 1.165) is 48.5 Å². The minimum Gasteiger partial charge on any atom is -0.492 e. The number of aromatic nitrogens is 4. The maximum Gasteiger partial charge on any atom is 0.210 e. The van der Waals surface area contributed by atoms with Crippen molar-refractivity contribution in [2.75, 3.05) is 26.4 Å². The highest BCUT2D eigenvalue weighted by molar-refractivity contribution is 7.94. The zero-order valence-corrected chi connectivity index (χ0v) is 84.4. The summed E-state index contributed by atoms with van der Waals surface area (Å²) >= 11 is 0. The SMILES string of the molecule is CCOc1c(-c2c(-c3cc(S(=O)(=O)c4ccc(C)cc4)cc(S(=O)(=O)c4ccc(C)cc4)c3OCC)c3c(-c4cc(S(=O)(=O)c5ccc(C)cc5)cc(S(=O)(=O)c5ccc(C)cc5)c4OCC)c4nc(cc5ccc(cc6nc(cc2n3-c2cc(S(=O)(=O)c3ccc(C)cc3)cc(S(=O)(=O)c3ccc(C)cc3)c2OCC)C=C6)[nH]5)C=C4)cc(S(=O)(=O)c2ccc(C)cc2)cc1S(=O)(=O)c1ccc(C)cc1. The van der Waals surface area contributed by atoms with E-state index >= 15 is 67.3 Å². The molecule has 140 heavy (non-hydrogen) atoms. The van der Waals surface area contributed by atoms with Gasteiger partial charge in [0.05, 0.1) is 125 Å². The monoisotopic (exact) mass is 2020 g/mol. The molecule has 0 spiro atoms. The first kappa shape index (κ1) is 97.7. The van der Waals surface area contributed by atoms with Gasteiger partial charge in [0.2, 0.25) is 78.7 Å². The van der Waals surface area contributed by atoms with Crippen molar-refractivity contribution in [3.05, 3.63) is 340 Å². The lowest BCUT2D eigenvalue weighted by Gasteiger charge is -2.23. The fourth-order valence-corrected chi connectivity index (χ4v) is 28.1. The van der Waals surface area contributed by atoms with Gasteiger partial charge in [-0.2, -0.15) is 0 Å². The number of H-pyrrole nitrogens is 1. The third-order valence-electron chi connectivity index (χ3n) is 24.0. The first-order valence-electron chi connectivity index (χ1n) is 44.5. The van der Waals surface area contributed by atoms with Crippen LogP contribution in [0, 0.1) is 55.4 Å². The van der Waals surface area contributed by atoms with Crippen LogP contribution in [0.25, 0.3) is 85.4 Å². The molecule has 0 saturated heterocycles. The standard InChI is InChI=1S/C108H94N4O20S8/c1-13-129-105-91(58-87(133(113,114)79-38-17-66(5)18-39-79)62-97(105)137(121,122)83-46-25-70(9)26-47-83)101-94-54-37-77(111-94)56-76-34-33-74(109-76)55-75-35-36-78(110-75)57-95-102(92-59-88(134(115,116)80-40-19-67(6)20-41-80)63-98(106(92)130-14-2)138(123,124)84-48-27-71(10)28-49-84)103(93-60-89(135(117,118)81-42-21-68(7)22-43-81)64-99(107(93)131-15-3)139(125,126)85-50-29-72(11)30-51-85)104(101)112(95)96-61-90(136(119,120)82-44-23-69(8)24-45-82)65-100(108(96)132-16-4)140(127,128)86-52-31-73(12)32-53-86/h17-65,109H,13-16H2,1-12H3. The lowest BCUT2D eigenvalue weighted by atomic mass is 9.91. The van der Waals surface area contributed by atoms with Crippen molar-refractivity contribution in [2.45, 2.75) is 161 Å². The van der Waals surface area contributed by atoms with E-state index in [1.165, 1.54) is 251 Å². The molecule has 0 radical (unpaired) electrons. The molecule has 1 N–H and O–H groups in total. The Morgan fingerprint density at radius 2 is 0.486 bits per heavy atom. The molecule has 0 saturated carbocycles. The average molecular weight is 2020 g/mol. The number of hydrogen-bond donors (Lipinski definition) is 1. The minimum absolute atomic E-state index is 0.0613. The Morgan fingerprint density at radius 1 is 0.243 bits per heavy atom. The maximum absolute atomic E-state index is 17.1. The zero-order chi connectivity index (χ0) is 99.8. The summed E-state index contributed by atoms with van der Waals surface area (Å²) < 4.78 is 300. The van der Waals surface area contributed by atoms with Crippen LogP contribution in [0.2, 0.25) is 0 Å². The summed E-state index contributed by atoms with van der Waals surface area (Å²) in [4.78, 5) is 4.02. The summed E-state index contributed by atoms with van der Waals surface area (Å²) in [6.07, 6.45) is 6.09. The van der Waals surface area contributed by atoms with Gasteiger partial charge in [0.15, 0.2) is 5.75 Å². The summed E-state index contributed by atoms with van der Waals surface area (Å²) in [6, 6.07) is 60.9. The van der Waals surface area contributed by atoms with Crippen molar-refractivity contribution in [1.82, 2.24) is 19.5 Å². The third-order valence-corrected chi connectivity index (χ3v) is 38.1. The van der Waals surface area contributed by atoms with Crippen molar-refractivity contribution < 1.29 is 86.3 Å². The molecule has 2 aliphatic rings. The predicted octanol–water partition coefficient (Wildman–Crippen LogP) is 21.8. The lowest BCUT2D eigenvalue weighted by molar-refractivity contribution is 0.330. The molecule has 0 aliphatic carbocycles. The number of nitrogens with zero attached hydrogens (tertiary/aromatic N) is 3. The van der Waals surface area contributed by atoms with E-state index in [-0.39, 0.29) is 27.7 Å². The van der Waals surface area contributed by atoms with Gasteiger partial charge in [0.25, 0.3) is 0 Å². The number of aryl methyl sites for hydroxylation is 8. The predicted molar refractivity (Wildman–Crippen MR) is 538 cm³/mol. The van der Waals surface area contributed by atoms with Crippen LogP contribution in [0.5, 0.6) is 23.0 Å². The molecule has 0 unspecified atom stereocenters. The van der Waals surface area contributed by atoms with Gasteiger partial charge in [-0.1, -0.05) is 142 Å². The van der Waals surface area contributed by atoms with Crippen LogP contribution in [0.15, 0.2) is 351 Å². The molecular formula is C108H94N4O20S8. The van der Waals surface area contributed by atoms with Crippen LogP contribution < -0.4 is 18.9 Å². The molecule has 5 heterocycles. The highest BCUT2D eigenvalue weighted by atomic mass is 32.2. The quantitative estimate of drug-likeness (QED) is 0.0476. The van der Waals surface area contributed by atoms with Crippen molar-refractivity contribution in [2.24, 2.45) is 0 Å². The van der Waals surface area contributed by atoms with Gasteiger partial charge in [-0.05, 0) is 283 Å². The Hall–Kier alpha value is -14.0. The van der Waals surface area contributed by atoms with E-state index in [9.17, 15) is 0 Å². The van der Waals surface area contributed by atoms with Gasteiger partial charge in [-0.3, -0.25) is 0 Å². The van der Waals surface area contributed by atoms with Crippen LogP contribution in [0.3, 0.4) is 0 Å². The second-order valence-electron chi connectivity index (χ2n) is 34.0. The molecule has 17 rings (SSSR count). The molecule has 32 heteroatoms. The number of aromatic amines is 1. The third kappa shape index (κ3) is 18.2. The number of nitrogens with one attached hydrogen (secondary N) is 1. The van der Waals surface area contributed by atoms with Crippen molar-refractivity contribution in [3.63, 3.8) is 0 Å². The van der Waals surface area contributed by atoms with Gasteiger partial charge in [0.1, 0.15) is 36.8 Å². The van der Waals surface area contributed by atoms with Crippen LogP contribution in [-0.4, -0.2) is 113 Å². The van der Waals surface area contributed by atoms with Gasteiger partial charge < -0.3 is 28.5 Å². The van der Waals surface area contributed by atoms with Crippen molar-refractivity contribution >= 4 is 125 Å². The van der Waals surface area contributed by atoms with E-state index in [1.54, 1.807) is 85.7 Å². The van der Waals surface area contributed by atoms with Crippen LogP contribution in [0.1, 0.15) is 95.0 Å². The zero-order valence-electron chi connectivity index (χ0n) is 77.9. The summed E-state index contributed by atoms with van der Waals surface area (Å²) in [5, 5.41) is 0. The van der Waals surface area contributed by atoms with Gasteiger partial charge in [0, 0.05) is 44.4 Å². The number of ether oxygens (including phenoxy) is 4. The second-order valence-corrected chi connectivity index (χ2v) is 49.4. The summed E-state index contributed by atoms with van der Waals surface area (Å²) in [5.74, 6) is -2.85. The maximum atomic E-state index is 17.1. The minimum atomic E-state index is -5.35. The molecule has 8 bridgehead atoms. The Bertz CT molecular complexity index is 8860. The molecular weight excluding hydrogens is 1930 g/mol. The second kappa shape index (κ2) is 37.7. The highest BCUT2D eigenvalue weighted by Crippen LogP contribution is 2.58. The summed E-state index contributed by atoms with van der Waals surface area (Å²) in [7, 11) is -42.1. The number of sulfone groups is 8. The van der Waals surface area contributed by atoms with E-state index in [1.807, 2.05) is 0 Å². The Kier molecular flexibility index (Phi) is 26.3. The van der Waals surface area contributed by atoms with Crippen molar-refractivity contribution in [1.29, 1.82) is 0 Å². The smallest absolute Gasteiger partial charge is 0.210 e. The van der Waals surface area contributed by atoms with Gasteiger partial charge >= 0.3 is 0 Å².